The molecule has 0 amide bonds. The van der Waals surface area contributed by atoms with E-state index in [1.807, 2.05) is 24.0 Å². The second kappa shape index (κ2) is 9.64. The van der Waals surface area contributed by atoms with Crippen LogP contribution in [-0.4, -0.2) is 46.5 Å². The van der Waals surface area contributed by atoms with Crippen LogP contribution in [-0.2, 0) is 0 Å². The van der Waals surface area contributed by atoms with E-state index in [2.05, 4.69) is 35.6 Å². The summed E-state index contributed by atoms with van der Waals surface area (Å²) in [6, 6.07) is 8.15. The predicted molar refractivity (Wildman–Crippen MR) is 119 cm³/mol. The summed E-state index contributed by atoms with van der Waals surface area (Å²) in [5.74, 6) is 0.632. The molecule has 1 aromatic heterocycles. The molecule has 6 nitrogen and oxygen atoms in total. The van der Waals surface area contributed by atoms with Crippen LogP contribution < -0.4 is 14.4 Å². The van der Waals surface area contributed by atoms with E-state index in [1.165, 1.54) is 17.5 Å². The molecule has 1 aliphatic rings. The van der Waals surface area contributed by atoms with Crippen molar-refractivity contribution in [3.63, 3.8) is 0 Å². The van der Waals surface area contributed by atoms with Gasteiger partial charge in [0.2, 0.25) is 5.82 Å². The average Bonchev–Trinajstić information content (AvgIpc) is 3.14. The molecule has 2 heterocycles. The van der Waals surface area contributed by atoms with E-state index in [1.54, 1.807) is 13.8 Å². The Hall–Kier alpha value is -2.67. The van der Waals surface area contributed by atoms with Crippen LogP contribution in [0, 0.1) is 5.82 Å². The van der Waals surface area contributed by atoms with Gasteiger partial charge in [-0.3, -0.25) is 0 Å². The zero-order chi connectivity index (χ0) is 22.6. The van der Waals surface area contributed by atoms with Crippen molar-refractivity contribution in [3.05, 3.63) is 54.1 Å². The number of rotatable bonds is 9. The molecule has 3 rings (SSSR count). The van der Waals surface area contributed by atoms with Gasteiger partial charge in [0.05, 0.1) is 12.1 Å². The maximum absolute atomic E-state index is 14.8. The third-order valence-electron chi connectivity index (χ3n) is 5.15. The molecule has 0 aliphatic carbocycles. The highest BCUT2D eigenvalue weighted by Gasteiger charge is 2.29. The van der Waals surface area contributed by atoms with Gasteiger partial charge in [-0.1, -0.05) is 24.6 Å². The molecule has 1 fully saturated rings. The number of anilines is 1. The lowest BCUT2D eigenvalue weighted by Gasteiger charge is -2.21. The van der Waals surface area contributed by atoms with E-state index < -0.39 is 11.4 Å². The number of aliphatic hydroxyl groups is 1. The summed E-state index contributed by atoms with van der Waals surface area (Å²) in [5.41, 5.74) is 1.34. The van der Waals surface area contributed by atoms with Crippen molar-refractivity contribution in [2.75, 3.05) is 24.6 Å². The summed E-state index contributed by atoms with van der Waals surface area (Å²) in [7, 11) is 0. The number of ether oxygens (including phenoxy) is 2. The van der Waals surface area contributed by atoms with Crippen LogP contribution in [0.2, 0.25) is 0 Å². The lowest BCUT2D eigenvalue weighted by molar-refractivity contribution is 0.0253. The Kier molecular flexibility index (Phi) is 7.15. The van der Waals surface area contributed by atoms with Gasteiger partial charge in [0, 0.05) is 13.0 Å². The monoisotopic (exact) mass is 429 g/mol. The molecule has 1 N–H and O–H groups in total. The van der Waals surface area contributed by atoms with Crippen molar-refractivity contribution in [1.29, 1.82) is 0 Å². The number of benzene rings is 1. The van der Waals surface area contributed by atoms with Gasteiger partial charge in [0.15, 0.2) is 5.82 Å². The number of aromatic nitrogens is 2. The van der Waals surface area contributed by atoms with Crippen molar-refractivity contribution in [2.45, 2.75) is 58.2 Å². The largest absolute Gasteiger partial charge is 0.489 e. The third-order valence-corrected chi connectivity index (χ3v) is 5.15. The number of halogens is 1. The fraction of sp³-hybridized carbons (Fsp3) is 0.500. The van der Waals surface area contributed by atoms with Gasteiger partial charge in [0.1, 0.15) is 24.8 Å². The molecule has 2 aromatic rings. The van der Waals surface area contributed by atoms with Crippen LogP contribution in [0.4, 0.5) is 10.2 Å². The molecule has 0 saturated carbocycles. The predicted octanol–water partition coefficient (Wildman–Crippen LogP) is 4.49. The van der Waals surface area contributed by atoms with Gasteiger partial charge < -0.3 is 19.5 Å². The molecule has 0 radical (unpaired) electrons. The lowest BCUT2D eigenvalue weighted by Crippen LogP contribution is -2.29. The highest BCUT2D eigenvalue weighted by Crippen LogP contribution is 2.29. The van der Waals surface area contributed by atoms with Gasteiger partial charge in [0.25, 0.3) is 5.88 Å². The third kappa shape index (κ3) is 6.40. The highest BCUT2D eigenvalue weighted by molar-refractivity contribution is 5.44. The van der Waals surface area contributed by atoms with Crippen LogP contribution in [0.5, 0.6) is 11.6 Å². The van der Waals surface area contributed by atoms with E-state index >= 15 is 0 Å². The number of hydrogen-bond acceptors (Lipinski definition) is 6. The zero-order valence-corrected chi connectivity index (χ0v) is 18.8. The molecule has 1 aromatic carbocycles. The van der Waals surface area contributed by atoms with E-state index in [0.717, 1.165) is 18.6 Å². The summed E-state index contributed by atoms with van der Waals surface area (Å²) >= 11 is 0. The Balaban J connectivity index is 1.60. The quantitative estimate of drug-likeness (QED) is 0.593. The van der Waals surface area contributed by atoms with E-state index in [0.29, 0.717) is 19.0 Å². The van der Waals surface area contributed by atoms with Crippen LogP contribution in [0.25, 0.3) is 0 Å². The first-order chi connectivity index (χ1) is 14.6. The van der Waals surface area contributed by atoms with Crippen LogP contribution in [0.15, 0.2) is 42.7 Å². The number of allylic oxidation sites excluding steroid dienone is 1. The number of nitrogens with zero attached hydrogens (tertiary/aromatic N) is 3. The van der Waals surface area contributed by atoms with Crippen LogP contribution >= 0.6 is 0 Å². The molecule has 168 valence electrons. The Morgan fingerprint density at radius 2 is 2.03 bits per heavy atom. The maximum atomic E-state index is 14.8. The van der Waals surface area contributed by atoms with Gasteiger partial charge >= 0.3 is 0 Å². The average molecular weight is 430 g/mol. The normalized spacial score (nSPS) is 17.5. The van der Waals surface area contributed by atoms with Crippen molar-refractivity contribution in [1.82, 2.24) is 9.97 Å². The molecule has 1 unspecified atom stereocenters. The smallest absolute Gasteiger partial charge is 0.255 e. The first kappa shape index (κ1) is 23.0. The highest BCUT2D eigenvalue weighted by atomic mass is 19.1. The maximum Gasteiger partial charge on any atom is 0.255 e. The van der Waals surface area contributed by atoms with E-state index in [-0.39, 0.29) is 24.4 Å². The molecule has 1 saturated heterocycles. The Morgan fingerprint density at radius 3 is 2.68 bits per heavy atom. The molecule has 1 aliphatic heterocycles. The minimum Gasteiger partial charge on any atom is -0.489 e. The van der Waals surface area contributed by atoms with Crippen LogP contribution in [0.3, 0.4) is 0 Å². The van der Waals surface area contributed by atoms with E-state index in [9.17, 15) is 9.50 Å². The minimum atomic E-state index is -1.08. The second-order valence-corrected chi connectivity index (χ2v) is 9.02. The standard InChI is InChI=1S/C24H32FN3O3/c1-16(2)12-17(3)18-6-8-19(9-7-18)31-20-10-11-28(13-20)22-21(25)23(27-15-26-22)30-14-24(4,5)29/h6-9,15,17,20,29H,1,10-14H2,2-5H3/t17-,20?/m1/s1. The summed E-state index contributed by atoms with van der Waals surface area (Å²) < 4.78 is 26.3. The summed E-state index contributed by atoms with van der Waals surface area (Å²) in [6.07, 6.45) is 2.94. The first-order valence-electron chi connectivity index (χ1n) is 10.6. The zero-order valence-electron chi connectivity index (χ0n) is 18.8. The molecule has 0 spiro atoms. The Morgan fingerprint density at radius 1 is 1.32 bits per heavy atom. The topological polar surface area (TPSA) is 67.7 Å². The molecular weight excluding hydrogens is 397 g/mol. The van der Waals surface area contributed by atoms with Crippen molar-refractivity contribution in [2.24, 2.45) is 0 Å². The van der Waals surface area contributed by atoms with Gasteiger partial charge in [-0.25, -0.2) is 4.98 Å². The molecular formula is C24H32FN3O3. The van der Waals surface area contributed by atoms with Crippen LogP contribution in [0.1, 0.15) is 52.0 Å². The van der Waals surface area contributed by atoms with Gasteiger partial charge in [-0.15, -0.1) is 6.58 Å². The molecule has 0 bridgehead atoms. The Bertz CT molecular complexity index is 896. The number of hydrogen-bond donors (Lipinski definition) is 1. The summed E-state index contributed by atoms with van der Waals surface area (Å²) in [6.45, 7) is 12.5. The van der Waals surface area contributed by atoms with Crippen molar-refractivity contribution in [3.8, 4) is 11.6 Å². The van der Waals surface area contributed by atoms with Gasteiger partial charge in [-0.2, -0.15) is 9.37 Å². The van der Waals surface area contributed by atoms with Crippen molar-refractivity contribution < 1.29 is 19.0 Å². The lowest BCUT2D eigenvalue weighted by atomic mass is 9.95. The summed E-state index contributed by atoms with van der Waals surface area (Å²) in [5, 5.41) is 9.79. The first-order valence-corrected chi connectivity index (χ1v) is 10.6. The van der Waals surface area contributed by atoms with Gasteiger partial charge in [-0.05, 0) is 50.8 Å². The molecule has 31 heavy (non-hydrogen) atoms. The molecule has 7 heteroatoms. The fourth-order valence-corrected chi connectivity index (χ4v) is 3.64. The summed E-state index contributed by atoms with van der Waals surface area (Å²) in [4.78, 5) is 9.79. The van der Waals surface area contributed by atoms with Crippen molar-refractivity contribution >= 4 is 5.82 Å². The Labute approximate surface area is 183 Å². The fourth-order valence-electron chi connectivity index (χ4n) is 3.64. The van der Waals surface area contributed by atoms with E-state index in [4.69, 9.17) is 9.47 Å². The second-order valence-electron chi connectivity index (χ2n) is 9.02. The minimum absolute atomic E-state index is 0.0613. The SMILES string of the molecule is C=C(C)C[C@@H](C)c1ccc(OC2CCN(c3ncnc(OCC(C)(C)O)c3F)C2)cc1. The molecule has 2 atom stereocenters.